The number of nitrogens with one attached hydrogen (secondary N) is 1. The summed E-state index contributed by atoms with van der Waals surface area (Å²) in [6.45, 7) is 1.74. The Morgan fingerprint density at radius 1 is 0.963 bits per heavy atom. The zero-order valence-electron chi connectivity index (χ0n) is 15.2. The number of esters is 1. The summed E-state index contributed by atoms with van der Waals surface area (Å²) in [5, 5.41) is 2.64. The first-order valence-electron chi connectivity index (χ1n) is 8.28. The van der Waals surface area contributed by atoms with Crippen molar-refractivity contribution in [3.63, 3.8) is 0 Å². The SMILES string of the molecule is COC(=O)c1ccccc1C(=O)Nc1c(C)n(C)n(-c2ccccc2)c1=O. The number of hydrogen-bond donors (Lipinski definition) is 1. The van der Waals surface area contributed by atoms with Gasteiger partial charge in [-0.15, -0.1) is 0 Å². The van der Waals surface area contributed by atoms with Crippen LogP contribution in [0, 0.1) is 6.92 Å². The Balaban J connectivity index is 2.02. The molecule has 0 aliphatic heterocycles. The molecule has 1 heterocycles. The predicted octanol–water partition coefficient (Wildman–Crippen LogP) is 2.52. The predicted molar refractivity (Wildman–Crippen MR) is 101 cm³/mol. The second-order valence-corrected chi connectivity index (χ2v) is 5.93. The summed E-state index contributed by atoms with van der Waals surface area (Å²) in [5.74, 6) is -1.17. The summed E-state index contributed by atoms with van der Waals surface area (Å²) in [5.41, 5.74) is 1.35. The number of carbonyl (C=O) groups excluding carboxylic acids is 2. The standard InChI is InChI=1S/C20H19N3O4/c1-13-17(19(25)23(22(13)2)14-9-5-4-6-10-14)21-18(24)15-11-7-8-12-16(15)20(26)27-3/h4-12H,1-3H3,(H,21,24). The minimum absolute atomic E-state index is 0.134. The number of para-hydroxylation sites is 1. The van der Waals surface area contributed by atoms with Gasteiger partial charge in [-0.1, -0.05) is 30.3 Å². The quantitative estimate of drug-likeness (QED) is 0.720. The first kappa shape index (κ1) is 18.2. The lowest BCUT2D eigenvalue weighted by Crippen LogP contribution is -2.24. The van der Waals surface area contributed by atoms with Crippen LogP contribution in [0.1, 0.15) is 26.4 Å². The number of hydrogen-bond acceptors (Lipinski definition) is 4. The molecule has 0 radical (unpaired) electrons. The second kappa shape index (κ2) is 7.33. The van der Waals surface area contributed by atoms with Crippen LogP contribution in [0.15, 0.2) is 59.4 Å². The fraction of sp³-hybridized carbons (Fsp3) is 0.150. The average molecular weight is 365 g/mol. The van der Waals surface area contributed by atoms with Gasteiger partial charge >= 0.3 is 5.97 Å². The van der Waals surface area contributed by atoms with Crippen molar-refractivity contribution in [2.24, 2.45) is 7.05 Å². The number of ether oxygens (including phenoxy) is 1. The summed E-state index contributed by atoms with van der Waals surface area (Å²) in [7, 11) is 2.98. The van der Waals surface area contributed by atoms with E-state index in [1.54, 1.807) is 42.9 Å². The van der Waals surface area contributed by atoms with Crippen LogP contribution in [0.5, 0.6) is 0 Å². The van der Waals surface area contributed by atoms with Crippen LogP contribution in [-0.4, -0.2) is 28.3 Å². The molecule has 7 heteroatoms. The number of anilines is 1. The highest BCUT2D eigenvalue weighted by Crippen LogP contribution is 2.17. The van der Waals surface area contributed by atoms with Crippen molar-refractivity contribution >= 4 is 17.6 Å². The van der Waals surface area contributed by atoms with Gasteiger partial charge in [-0.3, -0.25) is 14.3 Å². The van der Waals surface area contributed by atoms with Crippen molar-refractivity contribution in [3.05, 3.63) is 81.8 Å². The van der Waals surface area contributed by atoms with Gasteiger partial charge in [0.05, 0.1) is 29.6 Å². The summed E-state index contributed by atoms with van der Waals surface area (Å²) in [4.78, 5) is 37.5. The van der Waals surface area contributed by atoms with E-state index in [-0.39, 0.29) is 22.4 Å². The molecule has 7 nitrogen and oxygen atoms in total. The van der Waals surface area contributed by atoms with Crippen molar-refractivity contribution in [3.8, 4) is 5.69 Å². The lowest BCUT2D eigenvalue weighted by molar-refractivity contribution is 0.0597. The Kier molecular flexibility index (Phi) is 4.94. The van der Waals surface area contributed by atoms with E-state index >= 15 is 0 Å². The van der Waals surface area contributed by atoms with Crippen LogP contribution in [-0.2, 0) is 11.8 Å². The number of aromatic nitrogens is 2. The molecule has 1 N–H and O–H groups in total. The Hall–Kier alpha value is -3.61. The van der Waals surface area contributed by atoms with Crippen LogP contribution >= 0.6 is 0 Å². The third kappa shape index (κ3) is 3.27. The fourth-order valence-corrected chi connectivity index (χ4v) is 2.86. The van der Waals surface area contributed by atoms with E-state index in [0.29, 0.717) is 11.4 Å². The van der Waals surface area contributed by atoms with E-state index in [4.69, 9.17) is 4.74 Å². The number of methoxy groups -OCH3 is 1. The molecule has 1 aromatic heterocycles. The maximum atomic E-state index is 12.9. The lowest BCUT2D eigenvalue weighted by atomic mass is 10.1. The number of nitrogens with zero attached hydrogens (tertiary/aromatic N) is 2. The molecule has 0 saturated heterocycles. The van der Waals surface area contributed by atoms with Gasteiger partial charge in [-0.25, -0.2) is 9.48 Å². The monoisotopic (exact) mass is 365 g/mol. The van der Waals surface area contributed by atoms with Gasteiger partial charge in [0.1, 0.15) is 5.69 Å². The van der Waals surface area contributed by atoms with Gasteiger partial charge in [0, 0.05) is 7.05 Å². The molecule has 0 fully saturated rings. The average Bonchev–Trinajstić information content (AvgIpc) is 2.91. The Bertz CT molecular complexity index is 1060. The van der Waals surface area contributed by atoms with E-state index < -0.39 is 11.9 Å². The maximum absolute atomic E-state index is 12.9. The molecular weight excluding hydrogens is 346 g/mol. The summed E-state index contributed by atoms with van der Waals surface area (Å²) in [6.07, 6.45) is 0. The highest BCUT2D eigenvalue weighted by molar-refractivity contribution is 6.11. The van der Waals surface area contributed by atoms with Crippen molar-refractivity contribution in [1.82, 2.24) is 9.36 Å². The fourth-order valence-electron chi connectivity index (χ4n) is 2.86. The topological polar surface area (TPSA) is 82.3 Å². The van der Waals surface area contributed by atoms with Gasteiger partial charge in [-0.05, 0) is 31.2 Å². The van der Waals surface area contributed by atoms with Crippen LogP contribution in [0.3, 0.4) is 0 Å². The van der Waals surface area contributed by atoms with Crippen molar-refractivity contribution in [2.45, 2.75) is 6.92 Å². The third-order valence-corrected chi connectivity index (χ3v) is 4.37. The van der Waals surface area contributed by atoms with Gasteiger partial charge in [0.25, 0.3) is 11.5 Å². The van der Waals surface area contributed by atoms with Crippen LogP contribution in [0.2, 0.25) is 0 Å². The minimum Gasteiger partial charge on any atom is -0.465 e. The lowest BCUT2D eigenvalue weighted by Gasteiger charge is -2.08. The van der Waals surface area contributed by atoms with Crippen molar-refractivity contribution in [1.29, 1.82) is 0 Å². The zero-order valence-corrected chi connectivity index (χ0v) is 15.2. The first-order chi connectivity index (χ1) is 13.0. The van der Waals surface area contributed by atoms with Crippen LogP contribution in [0.4, 0.5) is 5.69 Å². The molecule has 0 atom stereocenters. The maximum Gasteiger partial charge on any atom is 0.338 e. The molecule has 0 saturated carbocycles. The largest absolute Gasteiger partial charge is 0.465 e. The normalized spacial score (nSPS) is 10.5. The smallest absolute Gasteiger partial charge is 0.338 e. The van der Waals surface area contributed by atoms with Crippen LogP contribution in [0.25, 0.3) is 5.69 Å². The van der Waals surface area contributed by atoms with E-state index in [1.807, 2.05) is 18.2 Å². The molecular formula is C20H19N3O4. The number of rotatable bonds is 4. The molecule has 3 rings (SSSR count). The molecule has 138 valence electrons. The number of carbonyl (C=O) groups is 2. The molecule has 3 aromatic rings. The van der Waals surface area contributed by atoms with E-state index in [1.165, 1.54) is 23.9 Å². The first-order valence-corrected chi connectivity index (χ1v) is 8.28. The van der Waals surface area contributed by atoms with Gasteiger partial charge in [0.15, 0.2) is 0 Å². The molecule has 2 aromatic carbocycles. The zero-order chi connectivity index (χ0) is 19.6. The molecule has 0 spiro atoms. The van der Waals surface area contributed by atoms with Gasteiger partial charge in [-0.2, -0.15) is 0 Å². The van der Waals surface area contributed by atoms with Crippen LogP contribution < -0.4 is 10.9 Å². The van der Waals surface area contributed by atoms with Gasteiger partial charge < -0.3 is 10.1 Å². The Labute approximate surface area is 155 Å². The molecule has 0 bridgehead atoms. The van der Waals surface area contributed by atoms with E-state index in [0.717, 1.165) is 0 Å². The Morgan fingerprint density at radius 3 is 2.19 bits per heavy atom. The van der Waals surface area contributed by atoms with Crippen molar-refractivity contribution < 1.29 is 14.3 Å². The molecule has 0 aliphatic carbocycles. The summed E-state index contributed by atoms with van der Waals surface area (Å²) >= 11 is 0. The highest BCUT2D eigenvalue weighted by atomic mass is 16.5. The second-order valence-electron chi connectivity index (χ2n) is 5.93. The number of benzene rings is 2. The molecule has 0 unspecified atom stereocenters. The molecule has 1 amide bonds. The molecule has 27 heavy (non-hydrogen) atoms. The Morgan fingerprint density at radius 2 is 1.56 bits per heavy atom. The third-order valence-electron chi connectivity index (χ3n) is 4.37. The highest BCUT2D eigenvalue weighted by Gasteiger charge is 2.22. The minimum atomic E-state index is -0.618. The van der Waals surface area contributed by atoms with E-state index in [2.05, 4.69) is 5.32 Å². The van der Waals surface area contributed by atoms with Crippen molar-refractivity contribution in [2.75, 3.05) is 12.4 Å². The number of amides is 1. The molecule has 0 aliphatic rings. The van der Waals surface area contributed by atoms with E-state index in [9.17, 15) is 14.4 Å². The summed E-state index contributed by atoms with van der Waals surface area (Å²) < 4.78 is 7.85. The summed E-state index contributed by atoms with van der Waals surface area (Å²) in [6, 6.07) is 15.4. The van der Waals surface area contributed by atoms with Gasteiger partial charge in [0.2, 0.25) is 0 Å².